The van der Waals surface area contributed by atoms with Crippen LogP contribution in [0.15, 0.2) is 18.2 Å². The highest BCUT2D eigenvalue weighted by atomic mass is 35.5. The molecule has 4 nitrogen and oxygen atoms in total. The number of hydrogen-bond donors (Lipinski definition) is 2. The maximum Gasteiger partial charge on any atom is 0.107 e. The molecule has 0 bridgehead atoms. The van der Waals surface area contributed by atoms with Gasteiger partial charge in [0.05, 0.1) is 17.2 Å². The average Bonchev–Trinajstić information content (AvgIpc) is 2.39. The van der Waals surface area contributed by atoms with Crippen LogP contribution in [0.3, 0.4) is 0 Å². The number of nitrogens with two attached hydrogens (primary N) is 1. The van der Waals surface area contributed by atoms with Crippen molar-refractivity contribution in [2.24, 2.45) is 5.73 Å². The van der Waals surface area contributed by atoms with E-state index in [1.54, 1.807) is 0 Å². The van der Waals surface area contributed by atoms with E-state index in [1.807, 2.05) is 18.2 Å². The molecule has 1 heterocycles. The topological polar surface area (TPSA) is 52.7 Å². The number of thiocarbonyl (C=S) groups is 1. The van der Waals surface area contributed by atoms with Crippen LogP contribution < -0.4 is 10.6 Å². The molecule has 1 aliphatic rings. The third kappa shape index (κ3) is 3.36. The van der Waals surface area contributed by atoms with Gasteiger partial charge in [0.1, 0.15) is 4.99 Å². The molecule has 0 unspecified atom stereocenters. The monoisotopic (exact) mass is 299 g/mol. The number of β-amino-alcohol motifs (C(OH)–C–C–N with tert-alkyl or cyclic N) is 1. The Bertz CT molecular complexity index is 461. The first-order valence-corrected chi connectivity index (χ1v) is 7.08. The Kier molecular flexibility index (Phi) is 4.99. The van der Waals surface area contributed by atoms with E-state index in [1.165, 1.54) is 0 Å². The van der Waals surface area contributed by atoms with Gasteiger partial charge in [-0.25, -0.2) is 0 Å². The molecule has 1 aromatic rings. The Morgan fingerprint density at radius 2 is 2.00 bits per heavy atom. The summed E-state index contributed by atoms with van der Waals surface area (Å²) in [6.45, 7) is 4.54. The summed E-state index contributed by atoms with van der Waals surface area (Å²) in [6.07, 6.45) is 0. The minimum absolute atomic E-state index is 0.204. The number of benzene rings is 1. The van der Waals surface area contributed by atoms with Crippen molar-refractivity contribution in [1.29, 1.82) is 0 Å². The van der Waals surface area contributed by atoms with Crippen LogP contribution in [0.2, 0.25) is 5.02 Å². The fraction of sp³-hybridized carbons (Fsp3) is 0.462. The van der Waals surface area contributed by atoms with E-state index in [9.17, 15) is 0 Å². The molecule has 0 amide bonds. The number of hydrogen-bond acceptors (Lipinski definition) is 4. The van der Waals surface area contributed by atoms with Crippen LogP contribution >= 0.6 is 23.8 Å². The van der Waals surface area contributed by atoms with Crippen molar-refractivity contribution < 1.29 is 5.11 Å². The van der Waals surface area contributed by atoms with Gasteiger partial charge in [-0.15, -0.1) is 0 Å². The Morgan fingerprint density at radius 3 is 2.58 bits per heavy atom. The molecule has 1 saturated heterocycles. The lowest BCUT2D eigenvalue weighted by Gasteiger charge is -2.36. The minimum atomic E-state index is 0.204. The number of aliphatic hydroxyl groups excluding tert-OH is 1. The summed E-state index contributed by atoms with van der Waals surface area (Å²) in [5.41, 5.74) is 7.54. The van der Waals surface area contributed by atoms with E-state index in [0.29, 0.717) is 10.0 Å². The first-order valence-electron chi connectivity index (χ1n) is 6.30. The second-order valence-electron chi connectivity index (χ2n) is 4.55. The molecule has 2 rings (SSSR count). The summed E-state index contributed by atoms with van der Waals surface area (Å²) in [6, 6.07) is 5.73. The van der Waals surface area contributed by atoms with Crippen molar-refractivity contribution in [2.75, 3.05) is 44.2 Å². The molecule has 0 aliphatic carbocycles. The maximum absolute atomic E-state index is 8.95. The third-order valence-electron chi connectivity index (χ3n) is 3.37. The van der Waals surface area contributed by atoms with Gasteiger partial charge in [-0.2, -0.15) is 0 Å². The quantitative estimate of drug-likeness (QED) is 0.815. The van der Waals surface area contributed by atoms with E-state index in [4.69, 9.17) is 34.7 Å². The zero-order chi connectivity index (χ0) is 13.8. The Morgan fingerprint density at radius 1 is 1.32 bits per heavy atom. The lowest BCUT2D eigenvalue weighted by Crippen LogP contribution is -2.47. The summed E-state index contributed by atoms with van der Waals surface area (Å²) in [5, 5.41) is 9.55. The fourth-order valence-corrected chi connectivity index (χ4v) is 2.92. The molecule has 104 valence electrons. The molecule has 1 aromatic carbocycles. The number of rotatable bonds is 4. The predicted octanol–water partition coefficient (Wildman–Crippen LogP) is 1.09. The van der Waals surface area contributed by atoms with Gasteiger partial charge < -0.3 is 15.7 Å². The maximum atomic E-state index is 8.95. The molecule has 6 heteroatoms. The van der Waals surface area contributed by atoms with Crippen LogP contribution in [0.5, 0.6) is 0 Å². The SMILES string of the molecule is NC(=S)c1c(Cl)cccc1N1CCN(CCO)CC1. The molecule has 0 saturated carbocycles. The van der Waals surface area contributed by atoms with E-state index in [2.05, 4.69) is 9.80 Å². The standard InChI is InChI=1S/C13H18ClN3OS/c14-10-2-1-3-11(12(10)13(15)19)17-6-4-16(5-7-17)8-9-18/h1-3,18H,4-9H2,(H2,15,19). The molecular weight excluding hydrogens is 282 g/mol. The predicted molar refractivity (Wildman–Crippen MR) is 83.1 cm³/mol. The van der Waals surface area contributed by atoms with Crippen LogP contribution in [-0.4, -0.2) is 54.3 Å². The molecular formula is C13H18ClN3OS. The van der Waals surface area contributed by atoms with Gasteiger partial charge in [-0.3, -0.25) is 4.90 Å². The third-order valence-corrected chi connectivity index (χ3v) is 3.89. The summed E-state index contributed by atoms with van der Waals surface area (Å²) in [5.74, 6) is 0. The average molecular weight is 300 g/mol. The Labute approximate surface area is 123 Å². The fourth-order valence-electron chi connectivity index (χ4n) is 2.37. The molecule has 1 aliphatic heterocycles. The molecule has 0 aromatic heterocycles. The molecule has 0 radical (unpaired) electrons. The normalized spacial score (nSPS) is 16.6. The van der Waals surface area contributed by atoms with Crippen LogP contribution in [-0.2, 0) is 0 Å². The molecule has 0 atom stereocenters. The Balaban J connectivity index is 2.15. The number of piperazine rings is 1. The highest BCUT2D eigenvalue weighted by Crippen LogP contribution is 2.28. The summed E-state index contributed by atoms with van der Waals surface area (Å²) in [7, 11) is 0. The van der Waals surface area contributed by atoms with E-state index < -0.39 is 0 Å². The highest BCUT2D eigenvalue weighted by Gasteiger charge is 2.20. The molecule has 19 heavy (non-hydrogen) atoms. The van der Waals surface area contributed by atoms with E-state index in [0.717, 1.165) is 44.0 Å². The van der Waals surface area contributed by atoms with Crippen LogP contribution in [0.1, 0.15) is 5.56 Å². The van der Waals surface area contributed by atoms with Crippen molar-refractivity contribution >= 4 is 34.5 Å². The second-order valence-corrected chi connectivity index (χ2v) is 5.40. The van der Waals surface area contributed by atoms with Gasteiger partial charge in [-0.05, 0) is 12.1 Å². The number of nitrogens with zero attached hydrogens (tertiary/aromatic N) is 2. The van der Waals surface area contributed by atoms with Crippen LogP contribution in [0.25, 0.3) is 0 Å². The highest BCUT2D eigenvalue weighted by molar-refractivity contribution is 7.80. The van der Waals surface area contributed by atoms with Gasteiger partial charge in [0.25, 0.3) is 0 Å². The van der Waals surface area contributed by atoms with Gasteiger partial charge >= 0.3 is 0 Å². The van der Waals surface area contributed by atoms with E-state index in [-0.39, 0.29) is 6.61 Å². The number of anilines is 1. The molecule has 1 fully saturated rings. The summed E-state index contributed by atoms with van der Waals surface area (Å²) < 4.78 is 0. The second kappa shape index (κ2) is 6.52. The van der Waals surface area contributed by atoms with Crippen molar-refractivity contribution in [1.82, 2.24) is 4.90 Å². The smallest absolute Gasteiger partial charge is 0.107 e. The van der Waals surface area contributed by atoms with Crippen molar-refractivity contribution in [3.63, 3.8) is 0 Å². The lowest BCUT2D eigenvalue weighted by atomic mass is 10.1. The number of halogens is 1. The first-order chi connectivity index (χ1) is 9.13. The van der Waals surface area contributed by atoms with Gasteiger partial charge in [0.15, 0.2) is 0 Å². The van der Waals surface area contributed by atoms with Gasteiger partial charge in [0.2, 0.25) is 0 Å². The van der Waals surface area contributed by atoms with Gasteiger partial charge in [-0.1, -0.05) is 29.9 Å². The van der Waals surface area contributed by atoms with Gasteiger partial charge in [0, 0.05) is 38.4 Å². The lowest BCUT2D eigenvalue weighted by molar-refractivity contribution is 0.189. The Hall–Kier alpha value is -0.880. The zero-order valence-corrected chi connectivity index (χ0v) is 12.3. The first kappa shape index (κ1) is 14.5. The molecule has 0 spiro atoms. The van der Waals surface area contributed by atoms with Crippen molar-refractivity contribution in [3.05, 3.63) is 28.8 Å². The summed E-state index contributed by atoms with van der Waals surface area (Å²) >= 11 is 11.3. The number of aliphatic hydroxyl groups is 1. The van der Waals surface area contributed by atoms with Crippen LogP contribution in [0.4, 0.5) is 5.69 Å². The summed E-state index contributed by atoms with van der Waals surface area (Å²) in [4.78, 5) is 4.81. The molecule has 3 N–H and O–H groups in total. The minimum Gasteiger partial charge on any atom is -0.395 e. The van der Waals surface area contributed by atoms with Crippen LogP contribution in [0, 0.1) is 0 Å². The zero-order valence-electron chi connectivity index (χ0n) is 10.7. The van der Waals surface area contributed by atoms with E-state index >= 15 is 0 Å². The largest absolute Gasteiger partial charge is 0.395 e. The van der Waals surface area contributed by atoms with Crippen molar-refractivity contribution in [3.8, 4) is 0 Å². The van der Waals surface area contributed by atoms with Crippen molar-refractivity contribution in [2.45, 2.75) is 0 Å².